The lowest BCUT2D eigenvalue weighted by Crippen LogP contribution is -2.05. The Morgan fingerprint density at radius 3 is 2.91 bits per heavy atom. The molecule has 1 aliphatic carbocycles. The summed E-state index contributed by atoms with van der Waals surface area (Å²) in [7, 11) is 0. The summed E-state index contributed by atoms with van der Waals surface area (Å²) < 4.78 is 0. The molecular formula is C16H18N4OS2. The van der Waals surface area contributed by atoms with Crippen molar-refractivity contribution in [3.8, 4) is 0 Å². The van der Waals surface area contributed by atoms with Crippen molar-refractivity contribution < 1.29 is 5.11 Å². The number of thiophene rings is 1. The van der Waals surface area contributed by atoms with Crippen LogP contribution in [0.1, 0.15) is 39.8 Å². The topological polar surface area (TPSA) is 70.9 Å². The number of thiazole rings is 1. The number of anilines is 1. The monoisotopic (exact) mass is 346 g/mol. The van der Waals surface area contributed by atoms with E-state index in [-0.39, 0.29) is 6.61 Å². The van der Waals surface area contributed by atoms with Gasteiger partial charge in [-0.25, -0.2) is 15.0 Å². The first-order chi connectivity index (χ1) is 11.2. The highest BCUT2D eigenvalue weighted by molar-refractivity contribution is 7.19. The van der Waals surface area contributed by atoms with E-state index in [2.05, 4.69) is 20.3 Å². The van der Waals surface area contributed by atoms with Gasteiger partial charge in [0.15, 0.2) is 0 Å². The molecule has 0 radical (unpaired) electrons. The van der Waals surface area contributed by atoms with Crippen molar-refractivity contribution in [3.05, 3.63) is 32.3 Å². The van der Waals surface area contributed by atoms with E-state index < -0.39 is 0 Å². The summed E-state index contributed by atoms with van der Waals surface area (Å²) in [5, 5.41) is 16.6. The number of aryl methyl sites for hydroxylation is 3. The van der Waals surface area contributed by atoms with Crippen molar-refractivity contribution in [2.45, 2.75) is 45.8 Å². The average Bonchev–Trinajstić information content (AvgIpc) is 3.16. The Kier molecular flexibility index (Phi) is 4.00. The Bertz CT molecular complexity index is 855. The summed E-state index contributed by atoms with van der Waals surface area (Å²) in [4.78, 5) is 16.2. The van der Waals surface area contributed by atoms with Gasteiger partial charge >= 0.3 is 0 Å². The fourth-order valence-corrected chi connectivity index (χ4v) is 5.09. The molecule has 1 aliphatic rings. The highest BCUT2D eigenvalue weighted by Crippen LogP contribution is 2.38. The normalized spacial score (nSPS) is 14.2. The minimum absolute atomic E-state index is 0.00853. The number of fused-ring (bicyclic) bond motifs is 3. The summed E-state index contributed by atoms with van der Waals surface area (Å²) >= 11 is 3.38. The molecule has 0 saturated carbocycles. The van der Waals surface area contributed by atoms with E-state index in [0.29, 0.717) is 6.54 Å². The van der Waals surface area contributed by atoms with Crippen LogP contribution >= 0.6 is 22.7 Å². The Hall–Kier alpha value is -1.57. The number of aliphatic hydroxyl groups is 1. The standard InChI is InChI=1S/C16H18N4OS2/c1-9-18-15(17-6-13-20-10(7-21)8-22-13)14-11-4-2-3-5-12(11)23-16(14)19-9/h8,21H,2-7H2,1H3,(H,17,18,19). The Morgan fingerprint density at radius 2 is 2.09 bits per heavy atom. The quantitative estimate of drug-likeness (QED) is 0.757. The molecule has 0 fully saturated rings. The number of rotatable bonds is 4. The van der Waals surface area contributed by atoms with Gasteiger partial charge in [-0.05, 0) is 38.2 Å². The molecule has 2 N–H and O–H groups in total. The highest BCUT2D eigenvalue weighted by Gasteiger charge is 2.20. The Labute approximate surface area is 142 Å². The second kappa shape index (κ2) is 6.14. The maximum absolute atomic E-state index is 9.12. The molecule has 4 rings (SSSR count). The molecular weight excluding hydrogens is 328 g/mol. The summed E-state index contributed by atoms with van der Waals surface area (Å²) in [5.74, 6) is 1.72. The zero-order valence-electron chi connectivity index (χ0n) is 12.9. The number of nitrogens with zero attached hydrogens (tertiary/aromatic N) is 3. The average molecular weight is 346 g/mol. The summed E-state index contributed by atoms with van der Waals surface area (Å²) in [6.45, 7) is 2.56. The minimum atomic E-state index is -0.00853. The first-order valence-electron chi connectivity index (χ1n) is 7.81. The van der Waals surface area contributed by atoms with Crippen molar-refractivity contribution >= 4 is 38.7 Å². The van der Waals surface area contributed by atoms with Crippen LogP contribution in [0.2, 0.25) is 0 Å². The molecule has 0 saturated heterocycles. The predicted octanol–water partition coefficient (Wildman–Crippen LogP) is 3.44. The van der Waals surface area contributed by atoms with Gasteiger partial charge in [0, 0.05) is 10.3 Å². The first-order valence-corrected chi connectivity index (χ1v) is 9.51. The molecule has 0 unspecified atom stereocenters. The number of hydrogen-bond acceptors (Lipinski definition) is 7. The van der Waals surface area contributed by atoms with Crippen LogP contribution < -0.4 is 5.32 Å². The predicted molar refractivity (Wildman–Crippen MR) is 94.2 cm³/mol. The van der Waals surface area contributed by atoms with E-state index in [1.165, 1.54) is 35.1 Å². The molecule has 0 atom stereocenters. The van der Waals surface area contributed by atoms with Crippen LogP contribution in [-0.4, -0.2) is 20.1 Å². The van der Waals surface area contributed by atoms with Gasteiger partial charge in [-0.2, -0.15) is 0 Å². The van der Waals surface area contributed by atoms with E-state index in [9.17, 15) is 0 Å². The molecule has 0 spiro atoms. The number of hydrogen-bond donors (Lipinski definition) is 2. The molecule has 0 aliphatic heterocycles. The van der Waals surface area contributed by atoms with Gasteiger partial charge in [0.1, 0.15) is 21.5 Å². The SMILES string of the molecule is Cc1nc(NCc2nc(CO)cs2)c2c3c(sc2n1)CCCC3. The fourth-order valence-electron chi connectivity index (χ4n) is 3.05. The fraction of sp³-hybridized carbons (Fsp3) is 0.438. The Balaban J connectivity index is 1.69. The lowest BCUT2D eigenvalue weighted by atomic mass is 9.97. The second-order valence-corrected chi connectivity index (χ2v) is 7.78. The number of nitrogens with one attached hydrogen (secondary N) is 1. The first kappa shape index (κ1) is 15.0. The van der Waals surface area contributed by atoms with Gasteiger partial charge < -0.3 is 10.4 Å². The number of aromatic nitrogens is 3. The highest BCUT2D eigenvalue weighted by atomic mass is 32.1. The largest absolute Gasteiger partial charge is 0.390 e. The van der Waals surface area contributed by atoms with E-state index in [1.54, 1.807) is 11.3 Å². The van der Waals surface area contributed by atoms with Crippen LogP contribution in [0, 0.1) is 6.92 Å². The van der Waals surface area contributed by atoms with Gasteiger partial charge in [-0.1, -0.05) is 0 Å². The summed E-state index contributed by atoms with van der Waals surface area (Å²) in [6, 6.07) is 0. The molecule has 3 aromatic rings. The van der Waals surface area contributed by atoms with Gasteiger partial charge in [-0.15, -0.1) is 22.7 Å². The maximum atomic E-state index is 9.12. The van der Waals surface area contributed by atoms with E-state index in [4.69, 9.17) is 5.11 Å². The molecule has 7 heteroatoms. The van der Waals surface area contributed by atoms with Crippen molar-refractivity contribution in [2.24, 2.45) is 0 Å². The van der Waals surface area contributed by atoms with Gasteiger partial charge in [-0.3, -0.25) is 0 Å². The zero-order valence-corrected chi connectivity index (χ0v) is 14.6. The molecule has 0 amide bonds. The zero-order chi connectivity index (χ0) is 15.8. The molecule has 23 heavy (non-hydrogen) atoms. The minimum Gasteiger partial charge on any atom is -0.390 e. The second-order valence-electron chi connectivity index (χ2n) is 5.75. The van der Waals surface area contributed by atoms with E-state index in [1.807, 2.05) is 23.6 Å². The molecule has 0 bridgehead atoms. The van der Waals surface area contributed by atoms with Crippen molar-refractivity contribution in [1.29, 1.82) is 0 Å². The van der Waals surface area contributed by atoms with Gasteiger partial charge in [0.2, 0.25) is 0 Å². The third-order valence-corrected chi connectivity index (χ3v) is 6.18. The van der Waals surface area contributed by atoms with Crippen molar-refractivity contribution in [1.82, 2.24) is 15.0 Å². The molecule has 3 aromatic heterocycles. The van der Waals surface area contributed by atoms with Crippen molar-refractivity contribution in [3.63, 3.8) is 0 Å². The Morgan fingerprint density at radius 1 is 1.22 bits per heavy atom. The van der Waals surface area contributed by atoms with Crippen LogP contribution in [0.25, 0.3) is 10.2 Å². The van der Waals surface area contributed by atoms with Gasteiger partial charge in [0.25, 0.3) is 0 Å². The maximum Gasteiger partial charge on any atom is 0.139 e. The van der Waals surface area contributed by atoms with Crippen LogP contribution in [0.4, 0.5) is 5.82 Å². The van der Waals surface area contributed by atoms with Gasteiger partial charge in [0.05, 0.1) is 24.2 Å². The van der Waals surface area contributed by atoms with Crippen molar-refractivity contribution in [2.75, 3.05) is 5.32 Å². The lowest BCUT2D eigenvalue weighted by molar-refractivity contribution is 0.277. The number of aliphatic hydroxyl groups excluding tert-OH is 1. The molecule has 0 aromatic carbocycles. The molecule has 5 nitrogen and oxygen atoms in total. The van der Waals surface area contributed by atoms with Crippen LogP contribution in [0.3, 0.4) is 0 Å². The lowest BCUT2D eigenvalue weighted by Gasteiger charge is -2.12. The van der Waals surface area contributed by atoms with E-state index in [0.717, 1.165) is 33.6 Å². The summed E-state index contributed by atoms with van der Waals surface area (Å²) in [6.07, 6.45) is 4.82. The third-order valence-electron chi connectivity index (χ3n) is 4.09. The van der Waals surface area contributed by atoms with Crippen LogP contribution in [0.15, 0.2) is 5.38 Å². The van der Waals surface area contributed by atoms with Crippen LogP contribution in [0.5, 0.6) is 0 Å². The smallest absolute Gasteiger partial charge is 0.139 e. The van der Waals surface area contributed by atoms with E-state index >= 15 is 0 Å². The molecule has 3 heterocycles. The third kappa shape index (κ3) is 2.84. The molecule has 120 valence electrons. The summed E-state index contributed by atoms with van der Waals surface area (Å²) in [5.41, 5.74) is 2.16. The van der Waals surface area contributed by atoms with Crippen LogP contribution in [-0.2, 0) is 26.0 Å².